The van der Waals surface area contributed by atoms with E-state index in [0.29, 0.717) is 12.8 Å². The first-order valence-electron chi connectivity index (χ1n) is 5.13. The molecule has 0 aromatic carbocycles. The highest BCUT2D eigenvalue weighted by Gasteiger charge is 2.45. The Morgan fingerprint density at radius 3 is 2.21 bits per heavy atom. The maximum atomic E-state index is 11.3. The number of hydrogen-bond acceptors (Lipinski definition) is 3. The van der Waals surface area contributed by atoms with Gasteiger partial charge in [0.2, 0.25) is 0 Å². The van der Waals surface area contributed by atoms with Crippen LogP contribution in [0.1, 0.15) is 26.7 Å². The van der Waals surface area contributed by atoms with Crippen molar-refractivity contribution in [3.63, 3.8) is 0 Å². The summed E-state index contributed by atoms with van der Waals surface area (Å²) in [6.45, 7) is 4.94. The third kappa shape index (κ3) is 1.91. The minimum atomic E-state index is -0.771. The third-order valence-electron chi connectivity index (χ3n) is 3.52. The number of nitrogens with one attached hydrogen (secondary N) is 1. The van der Waals surface area contributed by atoms with Crippen LogP contribution in [0.15, 0.2) is 0 Å². The first kappa shape index (κ1) is 11.5. The number of aliphatic carboxylic acids is 1. The van der Waals surface area contributed by atoms with Gasteiger partial charge in [-0.2, -0.15) is 0 Å². The van der Waals surface area contributed by atoms with Crippen LogP contribution in [-0.4, -0.2) is 35.4 Å². The van der Waals surface area contributed by atoms with E-state index in [4.69, 9.17) is 0 Å². The molecule has 0 spiro atoms. The van der Waals surface area contributed by atoms with Crippen LogP contribution >= 0.6 is 0 Å². The predicted octanol–water partition coefficient (Wildman–Crippen LogP) is 0.458. The molecule has 1 saturated heterocycles. The first-order chi connectivity index (χ1) is 6.50. The van der Waals surface area contributed by atoms with Crippen LogP contribution in [0.4, 0.5) is 0 Å². The summed E-state index contributed by atoms with van der Waals surface area (Å²) in [4.78, 5) is 11.3. The topological polar surface area (TPSA) is 69.6 Å². The summed E-state index contributed by atoms with van der Waals surface area (Å²) in [5.41, 5.74) is -0.737. The van der Waals surface area contributed by atoms with E-state index in [9.17, 15) is 15.0 Å². The zero-order chi connectivity index (χ0) is 10.8. The molecule has 0 bridgehead atoms. The fraction of sp³-hybridized carbons (Fsp3) is 0.900. The summed E-state index contributed by atoms with van der Waals surface area (Å²) >= 11 is 0. The standard InChI is InChI=1S/C10H19NO3/c1-7(8(2)12)10(9(13)14)3-5-11-6-4-10/h7-8,11-12H,3-6H2,1-2H3,(H,13,14). The van der Waals surface area contributed by atoms with E-state index in [1.165, 1.54) is 0 Å². The minimum Gasteiger partial charge on any atom is -0.481 e. The van der Waals surface area contributed by atoms with Crippen LogP contribution in [0.3, 0.4) is 0 Å². The molecule has 0 aliphatic carbocycles. The second kappa shape index (κ2) is 4.28. The molecular weight excluding hydrogens is 182 g/mol. The SMILES string of the molecule is CC(O)C(C)C1(C(=O)O)CCNCC1. The number of carboxylic acid groups (broad SMARTS) is 1. The largest absolute Gasteiger partial charge is 0.481 e. The smallest absolute Gasteiger partial charge is 0.310 e. The number of piperidine rings is 1. The van der Waals surface area contributed by atoms with Crippen LogP contribution in [0.2, 0.25) is 0 Å². The second-order valence-electron chi connectivity index (χ2n) is 4.24. The van der Waals surface area contributed by atoms with Crippen molar-refractivity contribution in [1.29, 1.82) is 0 Å². The van der Waals surface area contributed by atoms with Crippen molar-refractivity contribution in [3.05, 3.63) is 0 Å². The normalized spacial score (nSPS) is 25.4. The van der Waals surface area contributed by atoms with Crippen molar-refractivity contribution in [2.24, 2.45) is 11.3 Å². The van der Waals surface area contributed by atoms with E-state index in [-0.39, 0.29) is 5.92 Å². The fourth-order valence-electron chi connectivity index (χ4n) is 2.20. The maximum Gasteiger partial charge on any atom is 0.310 e. The molecule has 3 N–H and O–H groups in total. The van der Waals surface area contributed by atoms with E-state index < -0.39 is 17.5 Å². The van der Waals surface area contributed by atoms with Crippen molar-refractivity contribution in [2.45, 2.75) is 32.8 Å². The molecule has 1 aliphatic rings. The van der Waals surface area contributed by atoms with Gasteiger partial charge in [-0.25, -0.2) is 0 Å². The van der Waals surface area contributed by atoms with E-state index in [1.54, 1.807) is 6.92 Å². The quantitative estimate of drug-likeness (QED) is 0.620. The Hall–Kier alpha value is -0.610. The molecule has 1 aliphatic heterocycles. The average molecular weight is 201 g/mol. The van der Waals surface area contributed by atoms with Gasteiger partial charge in [-0.1, -0.05) is 6.92 Å². The first-order valence-corrected chi connectivity index (χ1v) is 5.13. The number of carbonyl (C=O) groups is 1. The third-order valence-corrected chi connectivity index (χ3v) is 3.52. The monoisotopic (exact) mass is 201 g/mol. The molecule has 4 heteroatoms. The number of hydrogen-bond donors (Lipinski definition) is 3. The van der Waals surface area contributed by atoms with Crippen LogP contribution in [0.25, 0.3) is 0 Å². The molecule has 0 aromatic rings. The number of aliphatic hydroxyl groups excluding tert-OH is 1. The number of aliphatic hydroxyl groups is 1. The zero-order valence-electron chi connectivity index (χ0n) is 8.79. The van der Waals surface area contributed by atoms with E-state index in [0.717, 1.165) is 13.1 Å². The second-order valence-corrected chi connectivity index (χ2v) is 4.24. The van der Waals surface area contributed by atoms with E-state index in [2.05, 4.69) is 5.32 Å². The summed E-state index contributed by atoms with van der Waals surface area (Å²) in [7, 11) is 0. The Labute approximate surface area is 84.3 Å². The summed E-state index contributed by atoms with van der Waals surface area (Å²) in [6.07, 6.45) is 0.646. The highest BCUT2D eigenvalue weighted by atomic mass is 16.4. The van der Waals surface area contributed by atoms with Crippen molar-refractivity contribution < 1.29 is 15.0 Å². The summed E-state index contributed by atoms with van der Waals surface area (Å²) in [6, 6.07) is 0. The van der Waals surface area contributed by atoms with Gasteiger partial charge in [-0.15, -0.1) is 0 Å². The van der Waals surface area contributed by atoms with Gasteiger partial charge in [-0.3, -0.25) is 4.79 Å². The molecule has 0 saturated carbocycles. The minimum absolute atomic E-state index is 0.193. The molecule has 0 aromatic heterocycles. The highest BCUT2D eigenvalue weighted by molar-refractivity contribution is 5.75. The molecule has 2 atom stereocenters. The van der Waals surface area contributed by atoms with Gasteiger partial charge < -0.3 is 15.5 Å². The van der Waals surface area contributed by atoms with Gasteiger partial charge in [0.1, 0.15) is 0 Å². The van der Waals surface area contributed by atoms with Crippen LogP contribution in [-0.2, 0) is 4.79 Å². The lowest BCUT2D eigenvalue weighted by molar-refractivity contribution is -0.157. The lowest BCUT2D eigenvalue weighted by atomic mass is 9.68. The Morgan fingerprint density at radius 1 is 1.36 bits per heavy atom. The molecule has 82 valence electrons. The Bertz CT molecular complexity index is 209. The lowest BCUT2D eigenvalue weighted by Crippen LogP contribution is -2.49. The zero-order valence-corrected chi connectivity index (χ0v) is 8.79. The van der Waals surface area contributed by atoms with Gasteiger partial charge in [0.05, 0.1) is 11.5 Å². The number of carboxylic acids is 1. The molecule has 2 unspecified atom stereocenters. The fourth-order valence-corrected chi connectivity index (χ4v) is 2.20. The Balaban J connectivity index is 2.85. The van der Waals surface area contributed by atoms with Crippen molar-refractivity contribution in [3.8, 4) is 0 Å². The van der Waals surface area contributed by atoms with Gasteiger partial charge in [0.25, 0.3) is 0 Å². The summed E-state index contributed by atoms with van der Waals surface area (Å²) < 4.78 is 0. The molecule has 0 radical (unpaired) electrons. The summed E-state index contributed by atoms with van der Waals surface area (Å²) in [5.74, 6) is -0.963. The molecule has 1 fully saturated rings. The Morgan fingerprint density at radius 2 is 1.86 bits per heavy atom. The molecular formula is C10H19NO3. The van der Waals surface area contributed by atoms with Gasteiger partial charge in [0, 0.05) is 0 Å². The van der Waals surface area contributed by atoms with Crippen LogP contribution < -0.4 is 5.32 Å². The van der Waals surface area contributed by atoms with Gasteiger partial charge >= 0.3 is 5.97 Å². The van der Waals surface area contributed by atoms with Crippen molar-refractivity contribution in [1.82, 2.24) is 5.32 Å². The molecule has 0 amide bonds. The maximum absolute atomic E-state index is 11.3. The molecule has 1 heterocycles. The van der Waals surface area contributed by atoms with Gasteiger partial charge in [-0.05, 0) is 38.8 Å². The van der Waals surface area contributed by atoms with E-state index >= 15 is 0 Å². The molecule has 1 rings (SSSR count). The average Bonchev–Trinajstić information content (AvgIpc) is 2.17. The van der Waals surface area contributed by atoms with Crippen LogP contribution in [0, 0.1) is 11.3 Å². The number of rotatable bonds is 3. The van der Waals surface area contributed by atoms with Crippen LogP contribution in [0.5, 0.6) is 0 Å². The molecule has 14 heavy (non-hydrogen) atoms. The van der Waals surface area contributed by atoms with E-state index in [1.807, 2.05) is 6.92 Å². The molecule has 4 nitrogen and oxygen atoms in total. The predicted molar refractivity (Wildman–Crippen MR) is 53.0 cm³/mol. The Kier molecular flexibility index (Phi) is 3.50. The summed E-state index contributed by atoms with van der Waals surface area (Å²) in [5, 5.41) is 21.9. The highest BCUT2D eigenvalue weighted by Crippen LogP contribution is 2.39. The van der Waals surface area contributed by atoms with Crippen molar-refractivity contribution >= 4 is 5.97 Å². The van der Waals surface area contributed by atoms with Gasteiger partial charge in [0.15, 0.2) is 0 Å². The van der Waals surface area contributed by atoms with Crippen molar-refractivity contribution in [2.75, 3.05) is 13.1 Å². The lowest BCUT2D eigenvalue weighted by Gasteiger charge is -2.39.